The first-order valence-electron chi connectivity index (χ1n) is 9.50. The van der Waals surface area contributed by atoms with Crippen molar-refractivity contribution in [1.82, 2.24) is 5.32 Å². The average Bonchev–Trinajstić information content (AvgIpc) is 3.21. The van der Waals surface area contributed by atoms with Crippen molar-refractivity contribution in [3.63, 3.8) is 0 Å². The molecule has 3 rings (SSSR count). The molecule has 1 saturated carbocycles. The van der Waals surface area contributed by atoms with E-state index in [0.717, 1.165) is 31.4 Å². The molecule has 0 bridgehead atoms. The summed E-state index contributed by atoms with van der Waals surface area (Å²) >= 11 is 0. The number of esters is 1. The monoisotopic (exact) mass is 370 g/mol. The van der Waals surface area contributed by atoms with Gasteiger partial charge in [0.1, 0.15) is 5.76 Å². The number of carbonyl (C=O) groups is 2. The van der Waals surface area contributed by atoms with Gasteiger partial charge in [-0.3, -0.25) is 4.79 Å². The van der Waals surface area contributed by atoms with E-state index >= 15 is 0 Å². The number of nitrogens with one attached hydrogen (secondary N) is 2. The minimum atomic E-state index is -0.836. The van der Waals surface area contributed by atoms with Crippen LogP contribution in [-0.2, 0) is 16.1 Å². The van der Waals surface area contributed by atoms with Crippen LogP contribution in [-0.4, -0.2) is 24.0 Å². The van der Waals surface area contributed by atoms with Crippen LogP contribution < -0.4 is 10.6 Å². The molecule has 1 aromatic heterocycles. The normalized spacial score (nSPS) is 15.7. The van der Waals surface area contributed by atoms with Gasteiger partial charge in [-0.15, -0.1) is 0 Å². The molecule has 144 valence electrons. The van der Waals surface area contributed by atoms with Gasteiger partial charge >= 0.3 is 5.97 Å². The molecule has 27 heavy (non-hydrogen) atoms. The molecule has 1 amide bonds. The van der Waals surface area contributed by atoms with Crippen molar-refractivity contribution >= 4 is 17.6 Å². The Morgan fingerprint density at radius 1 is 1.15 bits per heavy atom. The highest BCUT2D eigenvalue weighted by Gasteiger charge is 2.23. The van der Waals surface area contributed by atoms with Gasteiger partial charge < -0.3 is 19.8 Å². The number of rotatable bonds is 7. The zero-order chi connectivity index (χ0) is 19.1. The molecule has 0 unspecified atom stereocenters. The first-order chi connectivity index (χ1) is 13.1. The zero-order valence-corrected chi connectivity index (χ0v) is 15.6. The van der Waals surface area contributed by atoms with Gasteiger partial charge in [0.05, 0.1) is 18.4 Å². The summed E-state index contributed by atoms with van der Waals surface area (Å²) in [5, 5.41) is 6.16. The highest BCUT2D eigenvalue weighted by molar-refractivity contribution is 5.97. The van der Waals surface area contributed by atoms with E-state index in [9.17, 15) is 9.59 Å². The fraction of sp³-hybridized carbons (Fsp3) is 0.429. The second-order valence-corrected chi connectivity index (χ2v) is 6.87. The summed E-state index contributed by atoms with van der Waals surface area (Å²) in [6, 6.07) is 10.9. The molecule has 0 saturated heterocycles. The molecule has 2 N–H and O–H groups in total. The molecule has 1 aliphatic rings. The van der Waals surface area contributed by atoms with Crippen LogP contribution in [0.3, 0.4) is 0 Å². The summed E-state index contributed by atoms with van der Waals surface area (Å²) < 4.78 is 10.7. The van der Waals surface area contributed by atoms with E-state index in [2.05, 4.69) is 10.6 Å². The maximum absolute atomic E-state index is 12.6. The van der Waals surface area contributed by atoms with Crippen LogP contribution in [0, 0.1) is 0 Å². The first kappa shape index (κ1) is 19.0. The number of para-hydroxylation sites is 1. The van der Waals surface area contributed by atoms with Gasteiger partial charge in [-0.2, -0.15) is 0 Å². The smallest absolute Gasteiger partial charge is 0.341 e. The standard InChI is InChI=1S/C21H26N2O4/c1-15(20(24)23-16-8-3-2-4-9-16)27-21(25)18-11-5-6-12-19(18)22-14-17-10-7-13-26-17/h5-7,10-13,15-16,22H,2-4,8-9,14H2,1H3,(H,23,24)/t15-/m1/s1. The van der Waals surface area contributed by atoms with Crippen LogP contribution in [0.4, 0.5) is 5.69 Å². The largest absolute Gasteiger partial charge is 0.467 e. The van der Waals surface area contributed by atoms with Crippen LogP contribution in [0.15, 0.2) is 47.1 Å². The predicted octanol–water partition coefficient (Wildman–Crippen LogP) is 3.89. The zero-order valence-electron chi connectivity index (χ0n) is 15.6. The number of carbonyl (C=O) groups excluding carboxylic acids is 2. The van der Waals surface area contributed by atoms with E-state index in [0.29, 0.717) is 17.8 Å². The maximum Gasteiger partial charge on any atom is 0.341 e. The van der Waals surface area contributed by atoms with Gasteiger partial charge in [-0.1, -0.05) is 31.4 Å². The molecule has 1 fully saturated rings. The summed E-state index contributed by atoms with van der Waals surface area (Å²) in [5.41, 5.74) is 1.03. The lowest BCUT2D eigenvalue weighted by molar-refractivity contribution is -0.130. The lowest BCUT2D eigenvalue weighted by Crippen LogP contribution is -2.42. The first-order valence-corrected chi connectivity index (χ1v) is 9.50. The Morgan fingerprint density at radius 3 is 2.67 bits per heavy atom. The molecule has 6 heteroatoms. The van der Waals surface area contributed by atoms with Crippen molar-refractivity contribution in [3.05, 3.63) is 54.0 Å². The summed E-state index contributed by atoms with van der Waals surface area (Å²) in [7, 11) is 0. The SMILES string of the molecule is C[C@@H](OC(=O)c1ccccc1NCc1ccco1)C(=O)NC1CCCCC1. The van der Waals surface area contributed by atoms with Crippen LogP contribution in [0.5, 0.6) is 0 Å². The van der Waals surface area contributed by atoms with E-state index < -0.39 is 12.1 Å². The topological polar surface area (TPSA) is 80.6 Å². The fourth-order valence-corrected chi connectivity index (χ4v) is 3.25. The Balaban J connectivity index is 1.57. The molecule has 0 aliphatic heterocycles. The Labute approximate surface area is 159 Å². The van der Waals surface area contributed by atoms with Crippen LogP contribution in [0.2, 0.25) is 0 Å². The van der Waals surface area contributed by atoms with Gasteiger partial charge in [0.2, 0.25) is 0 Å². The number of hydrogen-bond acceptors (Lipinski definition) is 5. The molecule has 1 atom stereocenters. The molecule has 6 nitrogen and oxygen atoms in total. The summed E-state index contributed by atoms with van der Waals surface area (Å²) in [6.07, 6.45) is 6.24. The minimum absolute atomic E-state index is 0.189. The van der Waals surface area contributed by atoms with Gasteiger partial charge in [-0.05, 0) is 44.0 Å². The van der Waals surface area contributed by atoms with E-state index in [1.807, 2.05) is 18.2 Å². The number of furan rings is 1. The number of benzene rings is 1. The highest BCUT2D eigenvalue weighted by atomic mass is 16.5. The molecule has 1 aliphatic carbocycles. The second kappa shape index (κ2) is 9.26. The third-order valence-corrected chi connectivity index (χ3v) is 4.78. The van der Waals surface area contributed by atoms with Crippen molar-refractivity contribution in [2.75, 3.05) is 5.32 Å². The molecule has 1 aromatic carbocycles. The van der Waals surface area contributed by atoms with Crippen molar-refractivity contribution in [2.24, 2.45) is 0 Å². The lowest BCUT2D eigenvalue weighted by atomic mass is 9.95. The number of anilines is 1. The second-order valence-electron chi connectivity index (χ2n) is 6.87. The molecule has 2 aromatic rings. The van der Waals surface area contributed by atoms with Crippen molar-refractivity contribution in [1.29, 1.82) is 0 Å². The van der Waals surface area contributed by atoms with E-state index in [1.54, 1.807) is 31.4 Å². The Hall–Kier alpha value is -2.76. The molecule has 1 heterocycles. The van der Waals surface area contributed by atoms with Crippen LogP contribution >= 0.6 is 0 Å². The Morgan fingerprint density at radius 2 is 1.93 bits per heavy atom. The Kier molecular flexibility index (Phi) is 6.52. The minimum Gasteiger partial charge on any atom is -0.467 e. The van der Waals surface area contributed by atoms with Crippen LogP contribution in [0.1, 0.15) is 55.1 Å². The summed E-state index contributed by atoms with van der Waals surface area (Å²) in [5.74, 6) is -0.00138. The summed E-state index contributed by atoms with van der Waals surface area (Å²) in [6.45, 7) is 2.06. The Bertz CT molecular complexity index is 751. The van der Waals surface area contributed by atoms with Gasteiger partial charge in [-0.25, -0.2) is 4.79 Å². The highest BCUT2D eigenvalue weighted by Crippen LogP contribution is 2.19. The predicted molar refractivity (Wildman–Crippen MR) is 102 cm³/mol. The number of hydrogen-bond donors (Lipinski definition) is 2. The summed E-state index contributed by atoms with van der Waals surface area (Å²) in [4.78, 5) is 24.9. The molecule has 0 radical (unpaired) electrons. The number of amides is 1. The van der Waals surface area contributed by atoms with Crippen molar-refractivity contribution in [3.8, 4) is 0 Å². The molecular formula is C21H26N2O4. The van der Waals surface area contributed by atoms with Gasteiger partial charge in [0, 0.05) is 11.7 Å². The molecular weight excluding hydrogens is 344 g/mol. The van der Waals surface area contributed by atoms with E-state index in [1.165, 1.54) is 6.42 Å². The number of ether oxygens (including phenoxy) is 1. The van der Waals surface area contributed by atoms with Crippen LogP contribution in [0.25, 0.3) is 0 Å². The average molecular weight is 370 g/mol. The van der Waals surface area contributed by atoms with E-state index in [-0.39, 0.29) is 11.9 Å². The van der Waals surface area contributed by atoms with Crippen molar-refractivity contribution in [2.45, 2.75) is 57.7 Å². The fourth-order valence-electron chi connectivity index (χ4n) is 3.25. The maximum atomic E-state index is 12.6. The van der Waals surface area contributed by atoms with Gasteiger partial charge in [0.15, 0.2) is 6.10 Å². The lowest BCUT2D eigenvalue weighted by Gasteiger charge is -2.24. The van der Waals surface area contributed by atoms with Crippen molar-refractivity contribution < 1.29 is 18.7 Å². The molecule has 0 spiro atoms. The third kappa shape index (κ3) is 5.36. The quantitative estimate of drug-likeness (QED) is 0.723. The third-order valence-electron chi connectivity index (χ3n) is 4.78. The van der Waals surface area contributed by atoms with Gasteiger partial charge in [0.25, 0.3) is 5.91 Å². The van der Waals surface area contributed by atoms with E-state index in [4.69, 9.17) is 9.15 Å².